The van der Waals surface area contributed by atoms with E-state index in [1.807, 2.05) is 76.2 Å². The van der Waals surface area contributed by atoms with Crippen molar-refractivity contribution in [1.82, 2.24) is 10.2 Å². The summed E-state index contributed by atoms with van der Waals surface area (Å²) in [6.07, 6.45) is 1.72. The Morgan fingerprint density at radius 3 is 2.37 bits per heavy atom. The topological polar surface area (TPSA) is 58.6 Å². The van der Waals surface area contributed by atoms with Gasteiger partial charge in [-0.3, -0.25) is 9.59 Å². The normalized spacial score (nSPS) is 24.6. The van der Waals surface area contributed by atoms with Crippen molar-refractivity contribution in [2.45, 2.75) is 64.1 Å². The fourth-order valence-corrected chi connectivity index (χ4v) is 4.92. The number of amides is 2. The molecule has 5 nitrogen and oxygen atoms in total. The van der Waals surface area contributed by atoms with Crippen LogP contribution in [0, 0.1) is 0 Å². The molecule has 0 saturated heterocycles. The Labute approximate surface area is 178 Å². The number of ether oxygens (including phenoxy) is 1. The summed E-state index contributed by atoms with van der Waals surface area (Å²) in [4.78, 5) is 29.7. The van der Waals surface area contributed by atoms with Gasteiger partial charge in [-0.2, -0.15) is 0 Å². The summed E-state index contributed by atoms with van der Waals surface area (Å²) in [5.74, 6) is 0.317. The van der Waals surface area contributed by atoms with Crippen LogP contribution in [-0.2, 0) is 15.9 Å². The highest BCUT2D eigenvalue weighted by Gasteiger charge is 2.70. The molecule has 0 radical (unpaired) electrons. The maximum absolute atomic E-state index is 14.1. The Balaban J connectivity index is 2.06. The zero-order chi connectivity index (χ0) is 21.7. The van der Waals surface area contributed by atoms with Crippen molar-refractivity contribution in [2.24, 2.45) is 0 Å². The summed E-state index contributed by atoms with van der Waals surface area (Å²) < 4.78 is 6.57. The lowest BCUT2D eigenvalue weighted by Crippen LogP contribution is -2.71. The van der Waals surface area contributed by atoms with Crippen molar-refractivity contribution in [3.8, 4) is 5.75 Å². The van der Waals surface area contributed by atoms with Crippen molar-refractivity contribution in [3.63, 3.8) is 0 Å². The molecule has 2 aliphatic rings. The summed E-state index contributed by atoms with van der Waals surface area (Å²) in [5.41, 5.74) is -0.679. The lowest BCUT2D eigenvalue weighted by Gasteiger charge is -2.52. The standard InChI is InChI=1S/C25H30N2O3/c1-6-7-16-27-21(28)17-12-8-9-13-18(17)24(5)25(27,22(29)26-23(2,3)4)19-14-10-11-15-20(19)30-24/h8-15H,6-7,16H2,1-5H3,(H,26,29)/t24-,25+/m0/s1. The maximum Gasteiger partial charge on any atom is 0.255 e. The Kier molecular flexibility index (Phi) is 4.68. The Morgan fingerprint density at radius 1 is 1.07 bits per heavy atom. The van der Waals surface area contributed by atoms with Gasteiger partial charge in [-0.1, -0.05) is 49.7 Å². The number of carbonyl (C=O) groups excluding carboxylic acids is 2. The van der Waals surface area contributed by atoms with E-state index < -0.39 is 16.7 Å². The monoisotopic (exact) mass is 406 g/mol. The second kappa shape index (κ2) is 6.86. The maximum atomic E-state index is 14.1. The largest absolute Gasteiger partial charge is 0.479 e. The molecule has 0 bridgehead atoms. The first-order valence-electron chi connectivity index (χ1n) is 10.7. The minimum atomic E-state index is -1.28. The number of nitrogens with one attached hydrogen (secondary N) is 1. The van der Waals surface area contributed by atoms with Gasteiger partial charge in [0, 0.05) is 28.8 Å². The average molecular weight is 407 g/mol. The average Bonchev–Trinajstić information content (AvgIpc) is 2.97. The first-order valence-corrected chi connectivity index (χ1v) is 10.7. The number of hydrogen-bond acceptors (Lipinski definition) is 3. The third-order valence-electron chi connectivity index (χ3n) is 6.16. The first kappa shape index (κ1) is 20.5. The molecular weight excluding hydrogens is 376 g/mol. The molecule has 2 amide bonds. The fraction of sp³-hybridized carbons (Fsp3) is 0.440. The van der Waals surface area contributed by atoms with Gasteiger partial charge in [0.15, 0.2) is 11.1 Å². The number of carbonyl (C=O) groups is 2. The number of para-hydroxylation sites is 1. The molecule has 0 fully saturated rings. The Bertz CT molecular complexity index is 1010. The van der Waals surface area contributed by atoms with Gasteiger partial charge in [0.2, 0.25) is 0 Å². The predicted octanol–water partition coefficient (Wildman–Crippen LogP) is 4.36. The fourth-order valence-electron chi connectivity index (χ4n) is 4.92. The molecule has 0 spiro atoms. The molecule has 4 rings (SSSR count). The van der Waals surface area contributed by atoms with Crippen LogP contribution in [0.3, 0.4) is 0 Å². The Morgan fingerprint density at radius 2 is 1.70 bits per heavy atom. The third kappa shape index (κ3) is 2.68. The first-order chi connectivity index (χ1) is 14.2. The van der Waals surface area contributed by atoms with E-state index in [0.29, 0.717) is 17.9 Å². The molecule has 0 aromatic heterocycles. The van der Waals surface area contributed by atoms with Gasteiger partial charge in [0.25, 0.3) is 11.8 Å². The molecular formula is C25H30N2O3. The molecule has 0 saturated carbocycles. The second-order valence-corrected chi connectivity index (χ2v) is 9.40. The van der Waals surface area contributed by atoms with Crippen molar-refractivity contribution >= 4 is 11.8 Å². The van der Waals surface area contributed by atoms with Crippen LogP contribution >= 0.6 is 0 Å². The minimum absolute atomic E-state index is 0.124. The van der Waals surface area contributed by atoms with Crippen LogP contribution < -0.4 is 10.1 Å². The summed E-state index contributed by atoms with van der Waals surface area (Å²) in [6.45, 7) is 10.4. The smallest absolute Gasteiger partial charge is 0.255 e. The van der Waals surface area contributed by atoms with Gasteiger partial charge in [-0.15, -0.1) is 0 Å². The van der Waals surface area contributed by atoms with Crippen molar-refractivity contribution in [3.05, 3.63) is 65.2 Å². The molecule has 30 heavy (non-hydrogen) atoms. The highest BCUT2D eigenvalue weighted by atomic mass is 16.5. The molecule has 2 heterocycles. The summed E-state index contributed by atoms with van der Waals surface area (Å²) in [5, 5.41) is 3.16. The molecule has 158 valence electrons. The lowest BCUT2D eigenvalue weighted by molar-refractivity contribution is -0.149. The van der Waals surface area contributed by atoms with Crippen molar-refractivity contribution in [1.29, 1.82) is 0 Å². The van der Waals surface area contributed by atoms with Crippen LogP contribution in [0.15, 0.2) is 48.5 Å². The van der Waals surface area contributed by atoms with E-state index >= 15 is 0 Å². The molecule has 2 aromatic carbocycles. The van der Waals surface area contributed by atoms with E-state index in [0.717, 1.165) is 24.0 Å². The summed E-state index contributed by atoms with van der Waals surface area (Å²) >= 11 is 0. The van der Waals surface area contributed by atoms with Crippen molar-refractivity contribution < 1.29 is 14.3 Å². The number of hydrogen-bond donors (Lipinski definition) is 1. The van der Waals surface area contributed by atoms with Gasteiger partial charge in [-0.05, 0) is 46.2 Å². The quantitative estimate of drug-likeness (QED) is 0.821. The lowest BCUT2D eigenvalue weighted by atomic mass is 9.67. The predicted molar refractivity (Wildman–Crippen MR) is 116 cm³/mol. The zero-order valence-corrected chi connectivity index (χ0v) is 18.4. The molecule has 1 N–H and O–H groups in total. The SMILES string of the molecule is CCCCN1C(=O)c2ccccc2[C@]2(C)Oc3ccccc3[C@]12C(=O)NC(C)(C)C. The molecule has 5 heteroatoms. The van der Waals surface area contributed by atoms with Gasteiger partial charge < -0.3 is 15.0 Å². The van der Waals surface area contributed by atoms with E-state index in [1.165, 1.54) is 0 Å². The number of nitrogens with zero attached hydrogens (tertiary/aromatic N) is 1. The van der Waals surface area contributed by atoms with Crippen LogP contribution in [0.2, 0.25) is 0 Å². The number of rotatable bonds is 4. The highest BCUT2D eigenvalue weighted by molar-refractivity contribution is 6.05. The van der Waals surface area contributed by atoms with Crippen LogP contribution in [-0.4, -0.2) is 28.8 Å². The van der Waals surface area contributed by atoms with E-state index in [1.54, 1.807) is 4.90 Å². The van der Waals surface area contributed by atoms with Crippen LogP contribution in [0.4, 0.5) is 0 Å². The van der Waals surface area contributed by atoms with Gasteiger partial charge in [-0.25, -0.2) is 0 Å². The molecule has 2 atom stereocenters. The van der Waals surface area contributed by atoms with E-state index in [-0.39, 0.29) is 11.8 Å². The van der Waals surface area contributed by atoms with E-state index in [2.05, 4.69) is 12.2 Å². The molecule has 2 aromatic rings. The number of fused-ring (bicyclic) bond motifs is 5. The van der Waals surface area contributed by atoms with E-state index in [9.17, 15) is 9.59 Å². The zero-order valence-electron chi connectivity index (χ0n) is 18.4. The number of unbranched alkanes of at least 4 members (excludes halogenated alkanes) is 1. The van der Waals surface area contributed by atoms with Gasteiger partial charge >= 0.3 is 0 Å². The molecule has 0 unspecified atom stereocenters. The van der Waals surface area contributed by atoms with Crippen molar-refractivity contribution in [2.75, 3.05) is 6.54 Å². The van der Waals surface area contributed by atoms with Gasteiger partial charge in [0.1, 0.15) is 5.75 Å². The molecule has 0 aliphatic carbocycles. The van der Waals surface area contributed by atoms with Crippen LogP contribution in [0.5, 0.6) is 5.75 Å². The summed E-state index contributed by atoms with van der Waals surface area (Å²) in [7, 11) is 0. The third-order valence-corrected chi connectivity index (χ3v) is 6.16. The van der Waals surface area contributed by atoms with Crippen LogP contribution in [0.1, 0.15) is 68.9 Å². The van der Waals surface area contributed by atoms with E-state index in [4.69, 9.17) is 4.74 Å². The highest BCUT2D eigenvalue weighted by Crippen LogP contribution is 2.59. The molecule has 2 aliphatic heterocycles. The Hall–Kier alpha value is -2.82. The minimum Gasteiger partial charge on any atom is -0.479 e. The second-order valence-electron chi connectivity index (χ2n) is 9.40. The van der Waals surface area contributed by atoms with Gasteiger partial charge in [0.05, 0.1) is 0 Å². The van der Waals surface area contributed by atoms with Crippen LogP contribution in [0.25, 0.3) is 0 Å². The summed E-state index contributed by atoms with van der Waals surface area (Å²) in [6, 6.07) is 15.1. The number of benzene rings is 2.